The number of carbonyl (C=O) groups is 1. The highest BCUT2D eigenvalue weighted by molar-refractivity contribution is 5.80. The second-order valence-electron chi connectivity index (χ2n) is 7.90. The number of carbonyl (C=O) groups excluding carboxylic acids is 1. The number of hydrogen-bond acceptors (Lipinski definition) is 3. The Morgan fingerprint density at radius 2 is 1.07 bits per heavy atom. The van der Waals surface area contributed by atoms with Gasteiger partial charge in [0.05, 0.1) is 5.57 Å². The molecule has 3 heteroatoms. The third kappa shape index (κ3) is 5.79. The molecule has 0 bridgehead atoms. The summed E-state index contributed by atoms with van der Waals surface area (Å²) in [6.07, 6.45) is 2.71. The zero-order chi connectivity index (χ0) is 21.5. The number of anilines is 2. The molecule has 1 aliphatic carbocycles. The summed E-state index contributed by atoms with van der Waals surface area (Å²) in [6, 6.07) is 16.4. The molecule has 0 N–H and O–H groups in total. The van der Waals surface area contributed by atoms with Crippen LogP contribution in [-0.4, -0.2) is 34.0 Å². The predicted octanol–water partition coefficient (Wildman–Crippen LogP) is 4.66. The quantitative estimate of drug-likeness (QED) is 0.690. The van der Waals surface area contributed by atoms with Crippen molar-refractivity contribution in [2.24, 2.45) is 0 Å². The van der Waals surface area contributed by atoms with Gasteiger partial charge in [-0.15, -0.1) is 0 Å². The van der Waals surface area contributed by atoms with E-state index in [0.29, 0.717) is 18.6 Å². The highest BCUT2D eigenvalue weighted by atomic mass is 16.1. The lowest BCUT2D eigenvalue weighted by molar-refractivity contribution is -0.119. The van der Waals surface area contributed by atoms with Gasteiger partial charge in [-0.1, -0.05) is 23.7 Å². The fourth-order valence-electron chi connectivity index (χ4n) is 3.24. The molecule has 0 spiro atoms. The van der Waals surface area contributed by atoms with E-state index in [-0.39, 0.29) is 0 Å². The van der Waals surface area contributed by atoms with Crippen LogP contribution in [0.3, 0.4) is 0 Å². The van der Waals surface area contributed by atoms with E-state index in [4.69, 9.17) is 0 Å². The number of rotatable bonds is 2. The van der Waals surface area contributed by atoms with Crippen LogP contribution in [0.15, 0.2) is 59.7 Å². The van der Waals surface area contributed by atoms with Gasteiger partial charge in [0, 0.05) is 63.5 Å². The maximum Gasteiger partial charge on any atom is 0.133 e. The maximum absolute atomic E-state index is 11.7. The molecular formula is C27H28N2O. The lowest BCUT2D eigenvalue weighted by Gasteiger charge is -2.13. The van der Waals surface area contributed by atoms with Gasteiger partial charge < -0.3 is 9.80 Å². The standard InChI is InChI=1S/C27H28N2O/c1-28(2)25-15-7-21(8-16-25)5-11-23(24-13-19-27(30)20-14-24)12-6-22-9-17-26(18-10-22)29(3)4/h7-10,15-18H,13-14,19-20H2,1-4H3. The molecule has 2 aromatic rings. The number of Topliss-reactive ketones (excluding diaryl/α,β-unsaturated/α-hetero) is 1. The van der Waals surface area contributed by atoms with E-state index in [2.05, 4.69) is 57.7 Å². The number of ketones is 1. The van der Waals surface area contributed by atoms with Crippen molar-refractivity contribution >= 4 is 17.2 Å². The Kier molecular flexibility index (Phi) is 6.99. The highest BCUT2D eigenvalue weighted by Gasteiger charge is 2.15. The summed E-state index contributed by atoms with van der Waals surface area (Å²) in [6.45, 7) is 0. The molecule has 3 rings (SSSR count). The Morgan fingerprint density at radius 1 is 0.667 bits per heavy atom. The van der Waals surface area contributed by atoms with Gasteiger partial charge in [0.25, 0.3) is 0 Å². The van der Waals surface area contributed by atoms with Crippen molar-refractivity contribution in [2.75, 3.05) is 38.0 Å². The van der Waals surface area contributed by atoms with Gasteiger partial charge in [0.15, 0.2) is 0 Å². The first-order valence-corrected chi connectivity index (χ1v) is 10.2. The lowest BCUT2D eigenvalue weighted by atomic mass is 9.90. The Morgan fingerprint density at radius 3 is 1.43 bits per heavy atom. The van der Waals surface area contributed by atoms with Crippen LogP contribution in [0.2, 0.25) is 0 Å². The summed E-state index contributed by atoms with van der Waals surface area (Å²) in [5.41, 5.74) is 6.27. The van der Waals surface area contributed by atoms with Crippen LogP contribution in [0, 0.1) is 23.7 Å². The Bertz CT molecular complexity index is 967. The molecule has 0 amide bonds. The van der Waals surface area contributed by atoms with Gasteiger partial charge in [-0.25, -0.2) is 0 Å². The van der Waals surface area contributed by atoms with E-state index in [1.54, 1.807) is 0 Å². The largest absolute Gasteiger partial charge is 0.378 e. The third-order valence-electron chi connectivity index (χ3n) is 5.20. The summed E-state index contributed by atoms with van der Waals surface area (Å²) >= 11 is 0. The molecule has 152 valence electrons. The van der Waals surface area contributed by atoms with Gasteiger partial charge in [-0.3, -0.25) is 4.79 Å². The summed E-state index contributed by atoms with van der Waals surface area (Å²) in [7, 11) is 8.09. The minimum absolute atomic E-state index is 0.331. The van der Waals surface area contributed by atoms with E-state index in [0.717, 1.165) is 40.9 Å². The molecule has 0 heterocycles. The molecule has 0 unspecified atom stereocenters. The summed E-state index contributed by atoms with van der Waals surface area (Å²) in [4.78, 5) is 15.8. The normalized spacial score (nSPS) is 12.9. The molecule has 3 nitrogen and oxygen atoms in total. The number of allylic oxidation sites excluding steroid dienone is 2. The Balaban J connectivity index is 1.89. The molecule has 0 saturated heterocycles. The predicted molar refractivity (Wildman–Crippen MR) is 126 cm³/mol. The maximum atomic E-state index is 11.7. The SMILES string of the molecule is CN(C)c1ccc(C#CC(C#Cc2ccc(N(C)C)cc2)=C2CCC(=O)CC2)cc1. The van der Waals surface area contributed by atoms with Crippen molar-refractivity contribution in [1.29, 1.82) is 0 Å². The number of nitrogens with zero attached hydrogens (tertiary/aromatic N) is 2. The van der Waals surface area contributed by atoms with Crippen molar-refractivity contribution in [2.45, 2.75) is 25.7 Å². The van der Waals surface area contributed by atoms with Crippen LogP contribution >= 0.6 is 0 Å². The smallest absolute Gasteiger partial charge is 0.133 e. The molecule has 1 fully saturated rings. The van der Waals surface area contributed by atoms with E-state index in [9.17, 15) is 4.79 Å². The number of benzene rings is 2. The molecule has 1 saturated carbocycles. The van der Waals surface area contributed by atoms with Crippen LogP contribution in [0.5, 0.6) is 0 Å². The first kappa shape index (κ1) is 21.3. The van der Waals surface area contributed by atoms with Gasteiger partial charge in [0.1, 0.15) is 5.78 Å². The second-order valence-corrected chi connectivity index (χ2v) is 7.90. The minimum atomic E-state index is 0.331. The van der Waals surface area contributed by atoms with Gasteiger partial charge in [0.2, 0.25) is 0 Å². The fourth-order valence-corrected chi connectivity index (χ4v) is 3.24. The molecule has 0 aromatic heterocycles. The van der Waals surface area contributed by atoms with Crippen molar-refractivity contribution in [3.05, 3.63) is 70.8 Å². The van der Waals surface area contributed by atoms with E-state index < -0.39 is 0 Å². The zero-order valence-electron chi connectivity index (χ0n) is 18.2. The molecule has 1 aliphatic rings. The topological polar surface area (TPSA) is 23.6 Å². The second kappa shape index (κ2) is 9.86. The molecule has 0 atom stereocenters. The zero-order valence-corrected chi connectivity index (χ0v) is 18.2. The van der Waals surface area contributed by atoms with Crippen molar-refractivity contribution in [3.8, 4) is 23.7 Å². The monoisotopic (exact) mass is 396 g/mol. The molecule has 2 aromatic carbocycles. The third-order valence-corrected chi connectivity index (χ3v) is 5.20. The first-order valence-electron chi connectivity index (χ1n) is 10.2. The lowest BCUT2D eigenvalue weighted by Crippen LogP contribution is -2.08. The van der Waals surface area contributed by atoms with Gasteiger partial charge in [-0.2, -0.15) is 0 Å². The van der Waals surface area contributed by atoms with E-state index in [1.807, 2.05) is 52.5 Å². The van der Waals surface area contributed by atoms with Crippen molar-refractivity contribution in [3.63, 3.8) is 0 Å². The summed E-state index contributed by atoms with van der Waals surface area (Å²) < 4.78 is 0. The van der Waals surface area contributed by atoms with E-state index >= 15 is 0 Å². The number of hydrogen-bond donors (Lipinski definition) is 0. The Labute approximate surface area is 180 Å². The molecule has 0 aliphatic heterocycles. The summed E-state index contributed by atoms with van der Waals surface area (Å²) in [5, 5.41) is 0. The van der Waals surface area contributed by atoms with Gasteiger partial charge in [-0.05, 0) is 66.9 Å². The van der Waals surface area contributed by atoms with Crippen LogP contribution in [0.4, 0.5) is 11.4 Å². The van der Waals surface area contributed by atoms with Crippen molar-refractivity contribution < 1.29 is 4.79 Å². The first-order chi connectivity index (χ1) is 14.4. The van der Waals surface area contributed by atoms with Crippen LogP contribution < -0.4 is 9.80 Å². The fraction of sp³-hybridized carbons (Fsp3) is 0.296. The average Bonchev–Trinajstić information content (AvgIpc) is 2.75. The van der Waals surface area contributed by atoms with E-state index in [1.165, 1.54) is 5.57 Å². The highest BCUT2D eigenvalue weighted by Crippen LogP contribution is 2.24. The summed E-state index contributed by atoms with van der Waals surface area (Å²) in [5.74, 6) is 13.4. The average molecular weight is 397 g/mol. The molecule has 30 heavy (non-hydrogen) atoms. The van der Waals surface area contributed by atoms with Crippen LogP contribution in [0.25, 0.3) is 0 Å². The van der Waals surface area contributed by atoms with Crippen LogP contribution in [0.1, 0.15) is 36.8 Å². The van der Waals surface area contributed by atoms with Crippen LogP contribution in [-0.2, 0) is 4.79 Å². The molecular weight excluding hydrogens is 368 g/mol. The van der Waals surface area contributed by atoms with Crippen molar-refractivity contribution in [1.82, 2.24) is 0 Å². The minimum Gasteiger partial charge on any atom is -0.378 e. The molecule has 0 radical (unpaired) electrons. The van der Waals surface area contributed by atoms with Gasteiger partial charge >= 0.3 is 0 Å². The Hall–Kier alpha value is -3.43.